The molecular formula is C19H15NO3. The molecule has 0 amide bonds. The van der Waals surface area contributed by atoms with Gasteiger partial charge in [-0.05, 0) is 11.1 Å². The second-order valence-electron chi connectivity index (χ2n) is 4.74. The predicted octanol–water partition coefficient (Wildman–Crippen LogP) is 3.63. The summed E-state index contributed by atoms with van der Waals surface area (Å²) >= 11 is 0. The molecule has 0 bridgehead atoms. The number of esters is 1. The average molecular weight is 305 g/mol. The number of nitriles is 1. The Hall–Kier alpha value is -3.32. The summed E-state index contributed by atoms with van der Waals surface area (Å²) in [5.41, 5.74) is 1.83. The van der Waals surface area contributed by atoms with Crippen molar-refractivity contribution in [2.24, 2.45) is 0 Å². The van der Waals surface area contributed by atoms with Crippen LogP contribution >= 0.6 is 0 Å². The summed E-state index contributed by atoms with van der Waals surface area (Å²) in [6, 6.07) is 20.2. The number of nitrogens with zero attached hydrogens (tertiary/aromatic N) is 1. The van der Waals surface area contributed by atoms with E-state index in [2.05, 4.69) is 6.58 Å². The zero-order valence-electron chi connectivity index (χ0n) is 12.4. The molecule has 2 aromatic carbocycles. The Bertz CT molecular complexity index is 730. The van der Waals surface area contributed by atoms with Crippen LogP contribution in [0.4, 0.5) is 0 Å². The summed E-state index contributed by atoms with van der Waals surface area (Å²) in [7, 11) is 0. The first-order valence-corrected chi connectivity index (χ1v) is 6.92. The summed E-state index contributed by atoms with van der Waals surface area (Å²) in [5.74, 6) is -1.08. The maximum atomic E-state index is 12.2. The van der Waals surface area contributed by atoms with E-state index in [1.54, 1.807) is 0 Å². The van der Waals surface area contributed by atoms with Crippen molar-refractivity contribution in [3.8, 4) is 6.07 Å². The van der Waals surface area contributed by atoms with Crippen LogP contribution in [0.1, 0.15) is 11.1 Å². The highest BCUT2D eigenvalue weighted by atomic mass is 16.5. The number of aliphatic hydroxyl groups is 1. The van der Waals surface area contributed by atoms with Crippen molar-refractivity contribution in [3.63, 3.8) is 0 Å². The summed E-state index contributed by atoms with van der Waals surface area (Å²) < 4.78 is 4.91. The van der Waals surface area contributed by atoms with E-state index in [9.17, 15) is 10.1 Å². The summed E-state index contributed by atoms with van der Waals surface area (Å²) in [4.78, 5) is 12.2. The molecule has 0 aromatic heterocycles. The molecule has 23 heavy (non-hydrogen) atoms. The first-order valence-electron chi connectivity index (χ1n) is 6.92. The third kappa shape index (κ3) is 4.08. The molecule has 0 unspecified atom stereocenters. The molecule has 0 aliphatic heterocycles. The van der Waals surface area contributed by atoms with E-state index in [1.807, 2.05) is 66.7 Å². The van der Waals surface area contributed by atoms with Gasteiger partial charge < -0.3 is 9.84 Å². The second-order valence-corrected chi connectivity index (χ2v) is 4.74. The van der Waals surface area contributed by atoms with Crippen molar-refractivity contribution in [1.82, 2.24) is 0 Å². The third-order valence-corrected chi connectivity index (χ3v) is 3.06. The standard InChI is InChI=1S/C19H15NO3/c1-14(21)13-23-19(22)17(12-20)18(15-8-4-2-5-9-15)16-10-6-3-7-11-16/h2-11,21H,1,13H2. The van der Waals surface area contributed by atoms with Gasteiger partial charge in [0.25, 0.3) is 0 Å². The molecule has 0 aliphatic carbocycles. The van der Waals surface area contributed by atoms with Crippen LogP contribution in [0.5, 0.6) is 0 Å². The van der Waals surface area contributed by atoms with Crippen molar-refractivity contribution >= 4 is 11.5 Å². The minimum absolute atomic E-state index is 0.122. The lowest BCUT2D eigenvalue weighted by molar-refractivity contribution is -0.138. The Morgan fingerprint density at radius 2 is 1.52 bits per heavy atom. The highest BCUT2D eigenvalue weighted by molar-refractivity contribution is 6.05. The molecule has 1 N–H and O–H groups in total. The maximum absolute atomic E-state index is 12.2. The number of hydrogen-bond acceptors (Lipinski definition) is 4. The number of carbonyl (C=O) groups is 1. The van der Waals surface area contributed by atoms with Crippen LogP contribution in [0, 0.1) is 11.3 Å². The molecule has 0 saturated carbocycles. The van der Waals surface area contributed by atoms with Crippen molar-refractivity contribution in [2.45, 2.75) is 0 Å². The van der Waals surface area contributed by atoms with Crippen molar-refractivity contribution in [2.75, 3.05) is 6.61 Å². The van der Waals surface area contributed by atoms with Gasteiger partial charge in [0.15, 0.2) is 0 Å². The summed E-state index contributed by atoms with van der Waals surface area (Å²) in [5, 5.41) is 18.5. The van der Waals surface area contributed by atoms with E-state index < -0.39 is 5.97 Å². The molecule has 4 nitrogen and oxygen atoms in total. The topological polar surface area (TPSA) is 70.3 Å². The van der Waals surface area contributed by atoms with E-state index in [0.29, 0.717) is 5.57 Å². The van der Waals surface area contributed by atoms with Gasteiger partial charge in [0.1, 0.15) is 24.0 Å². The van der Waals surface area contributed by atoms with Crippen molar-refractivity contribution in [3.05, 3.63) is 89.7 Å². The number of ether oxygens (including phenoxy) is 1. The summed E-state index contributed by atoms with van der Waals surface area (Å²) in [6.45, 7) is 2.91. The van der Waals surface area contributed by atoms with Crippen LogP contribution in [0.25, 0.3) is 5.57 Å². The highest BCUT2D eigenvalue weighted by Crippen LogP contribution is 2.27. The molecule has 0 aliphatic rings. The smallest absolute Gasteiger partial charge is 0.349 e. The Balaban J connectivity index is 2.56. The molecular weight excluding hydrogens is 290 g/mol. The maximum Gasteiger partial charge on any atom is 0.349 e. The van der Waals surface area contributed by atoms with Crippen molar-refractivity contribution in [1.29, 1.82) is 5.26 Å². The first-order chi connectivity index (χ1) is 11.1. The molecule has 0 atom stereocenters. The third-order valence-electron chi connectivity index (χ3n) is 3.06. The minimum atomic E-state index is -0.801. The van der Waals surface area contributed by atoms with Gasteiger partial charge in [0, 0.05) is 5.57 Å². The predicted molar refractivity (Wildman–Crippen MR) is 87.2 cm³/mol. The number of rotatable bonds is 5. The summed E-state index contributed by atoms with van der Waals surface area (Å²) in [6.07, 6.45) is 0. The Kier molecular flexibility index (Phi) is 5.32. The Morgan fingerprint density at radius 3 is 1.91 bits per heavy atom. The van der Waals surface area contributed by atoms with Gasteiger partial charge in [0.05, 0.1) is 0 Å². The zero-order valence-corrected chi connectivity index (χ0v) is 12.4. The Labute approximate surface area is 134 Å². The van der Waals surface area contributed by atoms with Gasteiger partial charge in [-0.25, -0.2) is 4.79 Å². The molecule has 2 rings (SSSR count). The molecule has 4 heteroatoms. The quantitative estimate of drug-likeness (QED) is 0.396. The van der Waals surface area contributed by atoms with Gasteiger partial charge in [-0.2, -0.15) is 5.26 Å². The fourth-order valence-corrected chi connectivity index (χ4v) is 2.09. The van der Waals surface area contributed by atoms with Crippen LogP contribution in [0.2, 0.25) is 0 Å². The van der Waals surface area contributed by atoms with Crippen molar-refractivity contribution < 1.29 is 14.6 Å². The molecule has 0 radical (unpaired) electrons. The van der Waals surface area contributed by atoms with Crippen LogP contribution in [0.3, 0.4) is 0 Å². The number of hydrogen-bond donors (Lipinski definition) is 1. The number of aliphatic hydroxyl groups excluding tert-OH is 1. The van der Waals surface area contributed by atoms with Gasteiger partial charge in [0.2, 0.25) is 0 Å². The van der Waals surface area contributed by atoms with Gasteiger partial charge in [-0.15, -0.1) is 0 Å². The molecule has 0 heterocycles. The number of benzene rings is 2. The van der Waals surface area contributed by atoms with Crippen LogP contribution in [-0.4, -0.2) is 17.7 Å². The zero-order chi connectivity index (χ0) is 16.7. The lowest BCUT2D eigenvalue weighted by Crippen LogP contribution is -2.11. The van der Waals surface area contributed by atoms with Gasteiger partial charge in [-0.1, -0.05) is 67.2 Å². The van der Waals surface area contributed by atoms with Crippen LogP contribution < -0.4 is 0 Å². The van der Waals surface area contributed by atoms with E-state index in [-0.39, 0.29) is 17.9 Å². The van der Waals surface area contributed by atoms with Gasteiger partial charge >= 0.3 is 5.97 Å². The second kappa shape index (κ2) is 7.62. The lowest BCUT2D eigenvalue weighted by atomic mass is 9.93. The van der Waals surface area contributed by atoms with E-state index in [1.165, 1.54) is 0 Å². The molecule has 0 spiro atoms. The lowest BCUT2D eigenvalue weighted by Gasteiger charge is -2.11. The largest absolute Gasteiger partial charge is 0.509 e. The minimum Gasteiger partial charge on any atom is -0.509 e. The van der Waals surface area contributed by atoms with Crippen LogP contribution in [0.15, 0.2) is 78.6 Å². The normalized spacial score (nSPS) is 9.52. The fraction of sp³-hybridized carbons (Fsp3) is 0.0526. The molecule has 2 aromatic rings. The monoisotopic (exact) mass is 305 g/mol. The first kappa shape index (κ1) is 16.1. The highest BCUT2D eigenvalue weighted by Gasteiger charge is 2.19. The average Bonchev–Trinajstić information content (AvgIpc) is 2.59. The SMILES string of the molecule is C=C(O)COC(=O)C(C#N)=C(c1ccccc1)c1ccccc1. The number of carbonyl (C=O) groups excluding carboxylic acids is 1. The van der Waals surface area contributed by atoms with E-state index in [4.69, 9.17) is 9.84 Å². The fourth-order valence-electron chi connectivity index (χ4n) is 2.09. The van der Waals surface area contributed by atoms with E-state index >= 15 is 0 Å². The van der Waals surface area contributed by atoms with Gasteiger partial charge in [-0.3, -0.25) is 0 Å². The van der Waals surface area contributed by atoms with E-state index in [0.717, 1.165) is 11.1 Å². The molecule has 0 saturated heterocycles. The van der Waals surface area contributed by atoms with Crippen LogP contribution in [-0.2, 0) is 9.53 Å². The molecule has 0 fully saturated rings. The Morgan fingerprint density at radius 1 is 1.04 bits per heavy atom. The molecule has 114 valence electrons.